The van der Waals surface area contributed by atoms with E-state index in [0.29, 0.717) is 6.54 Å². The van der Waals surface area contributed by atoms with Gasteiger partial charge >= 0.3 is 0 Å². The number of nitrogens with zero attached hydrogens (tertiary/aromatic N) is 2. The fourth-order valence-corrected chi connectivity index (χ4v) is 2.55. The topological polar surface area (TPSA) is 48.0 Å². The third kappa shape index (κ3) is 3.85. The molecular weight excluding hydrogens is 254 g/mol. The molecule has 0 aromatic heterocycles. The Morgan fingerprint density at radius 3 is 2.75 bits per heavy atom. The monoisotopic (exact) mass is 279 g/mol. The van der Waals surface area contributed by atoms with Crippen LogP contribution in [0.25, 0.3) is 0 Å². The number of anilines is 1. The lowest BCUT2D eigenvalue weighted by molar-refractivity contribution is 0.217. The van der Waals surface area contributed by atoms with Crippen LogP contribution in [0.3, 0.4) is 0 Å². The standard InChI is InChI=1S/C15H25N3O2/c1-17(9-10-19)12-13-3-4-14(15(11-13)20-2)18-7-5-16-6-8-18/h3-4,11,16,19H,5-10,12H2,1-2H3. The summed E-state index contributed by atoms with van der Waals surface area (Å²) < 4.78 is 5.55. The van der Waals surface area contributed by atoms with Crippen LogP contribution in [0.2, 0.25) is 0 Å². The lowest BCUT2D eigenvalue weighted by Gasteiger charge is -2.31. The first-order valence-electron chi connectivity index (χ1n) is 7.16. The number of likely N-dealkylation sites (N-methyl/N-ethyl adjacent to an activating group) is 1. The summed E-state index contributed by atoms with van der Waals surface area (Å²) in [4.78, 5) is 4.45. The van der Waals surface area contributed by atoms with Crippen LogP contribution < -0.4 is 15.0 Å². The second-order valence-electron chi connectivity index (χ2n) is 5.20. The summed E-state index contributed by atoms with van der Waals surface area (Å²) >= 11 is 0. The number of hydrogen-bond acceptors (Lipinski definition) is 5. The van der Waals surface area contributed by atoms with Crippen molar-refractivity contribution < 1.29 is 9.84 Å². The molecule has 0 unspecified atom stereocenters. The minimum absolute atomic E-state index is 0.187. The van der Waals surface area contributed by atoms with Crippen LogP contribution in [0.5, 0.6) is 5.75 Å². The second kappa shape index (κ2) is 7.47. The van der Waals surface area contributed by atoms with E-state index >= 15 is 0 Å². The van der Waals surface area contributed by atoms with Gasteiger partial charge in [-0.25, -0.2) is 0 Å². The quantitative estimate of drug-likeness (QED) is 0.795. The van der Waals surface area contributed by atoms with Gasteiger partial charge in [-0.2, -0.15) is 0 Å². The van der Waals surface area contributed by atoms with E-state index in [1.54, 1.807) is 7.11 Å². The number of benzene rings is 1. The Bertz CT molecular complexity index is 420. The fourth-order valence-electron chi connectivity index (χ4n) is 2.55. The average molecular weight is 279 g/mol. The summed E-state index contributed by atoms with van der Waals surface area (Å²) in [5.74, 6) is 0.932. The van der Waals surface area contributed by atoms with Crippen molar-refractivity contribution in [2.75, 3.05) is 58.4 Å². The van der Waals surface area contributed by atoms with Crippen LogP contribution in [0, 0.1) is 0 Å². The molecule has 1 heterocycles. The molecule has 5 nitrogen and oxygen atoms in total. The molecule has 0 spiro atoms. The molecule has 2 rings (SSSR count). The molecule has 20 heavy (non-hydrogen) atoms. The maximum Gasteiger partial charge on any atom is 0.142 e. The highest BCUT2D eigenvalue weighted by Crippen LogP contribution is 2.29. The average Bonchev–Trinajstić information content (AvgIpc) is 2.48. The highest BCUT2D eigenvalue weighted by Gasteiger charge is 2.15. The van der Waals surface area contributed by atoms with E-state index in [-0.39, 0.29) is 6.61 Å². The zero-order chi connectivity index (χ0) is 14.4. The van der Waals surface area contributed by atoms with Gasteiger partial charge in [0.15, 0.2) is 0 Å². The van der Waals surface area contributed by atoms with Gasteiger partial charge in [-0.1, -0.05) is 6.07 Å². The van der Waals surface area contributed by atoms with Crippen molar-refractivity contribution in [2.45, 2.75) is 6.54 Å². The maximum absolute atomic E-state index is 8.95. The van der Waals surface area contributed by atoms with Crippen molar-refractivity contribution in [3.63, 3.8) is 0 Å². The van der Waals surface area contributed by atoms with Crippen molar-refractivity contribution in [3.8, 4) is 5.75 Å². The first-order valence-corrected chi connectivity index (χ1v) is 7.16. The van der Waals surface area contributed by atoms with E-state index in [9.17, 15) is 0 Å². The summed E-state index contributed by atoms with van der Waals surface area (Å²) in [6.45, 7) is 5.75. The van der Waals surface area contributed by atoms with Gasteiger partial charge in [-0.3, -0.25) is 4.90 Å². The minimum atomic E-state index is 0.187. The number of hydrogen-bond donors (Lipinski definition) is 2. The van der Waals surface area contributed by atoms with Crippen molar-refractivity contribution in [2.24, 2.45) is 0 Å². The molecule has 5 heteroatoms. The van der Waals surface area contributed by atoms with Crippen molar-refractivity contribution in [1.82, 2.24) is 10.2 Å². The second-order valence-corrected chi connectivity index (χ2v) is 5.20. The first kappa shape index (κ1) is 15.1. The summed E-state index contributed by atoms with van der Waals surface area (Å²) in [5.41, 5.74) is 2.37. The maximum atomic E-state index is 8.95. The number of ether oxygens (including phenoxy) is 1. The molecule has 0 amide bonds. The van der Waals surface area contributed by atoms with Crippen molar-refractivity contribution in [3.05, 3.63) is 23.8 Å². The highest BCUT2D eigenvalue weighted by atomic mass is 16.5. The SMILES string of the molecule is COc1cc(CN(C)CCO)ccc1N1CCNCC1. The van der Waals surface area contributed by atoms with Crippen molar-refractivity contribution in [1.29, 1.82) is 0 Å². The van der Waals surface area contributed by atoms with E-state index in [4.69, 9.17) is 9.84 Å². The molecule has 1 aromatic rings. The first-order chi connectivity index (χ1) is 9.74. The number of piperazine rings is 1. The Hall–Kier alpha value is -1.30. The molecule has 0 atom stereocenters. The molecule has 0 radical (unpaired) electrons. The Labute approximate surface area is 121 Å². The van der Waals surface area contributed by atoms with Crippen LogP contribution in [0.4, 0.5) is 5.69 Å². The van der Waals surface area contributed by atoms with Gasteiger partial charge in [0.2, 0.25) is 0 Å². The van der Waals surface area contributed by atoms with Gasteiger partial charge in [0.25, 0.3) is 0 Å². The van der Waals surface area contributed by atoms with Crippen LogP contribution in [-0.2, 0) is 6.54 Å². The zero-order valence-electron chi connectivity index (χ0n) is 12.4. The van der Waals surface area contributed by atoms with Gasteiger partial charge < -0.3 is 20.1 Å². The molecule has 1 saturated heterocycles. The molecule has 112 valence electrons. The minimum Gasteiger partial charge on any atom is -0.495 e. The lowest BCUT2D eigenvalue weighted by atomic mass is 10.1. The number of aliphatic hydroxyl groups is 1. The van der Waals surface area contributed by atoms with Gasteiger partial charge in [0, 0.05) is 39.3 Å². The van der Waals surface area contributed by atoms with Gasteiger partial charge in [0.1, 0.15) is 5.75 Å². The summed E-state index contributed by atoms with van der Waals surface area (Å²) in [6, 6.07) is 6.39. The molecule has 2 N–H and O–H groups in total. The summed E-state index contributed by atoms with van der Waals surface area (Å²) in [6.07, 6.45) is 0. The Morgan fingerprint density at radius 1 is 1.35 bits per heavy atom. The number of rotatable bonds is 6. The predicted molar refractivity (Wildman–Crippen MR) is 81.5 cm³/mol. The Balaban J connectivity index is 2.10. The normalized spacial score (nSPS) is 15.7. The number of nitrogens with one attached hydrogen (secondary N) is 1. The van der Waals surface area contributed by atoms with E-state index in [1.807, 2.05) is 7.05 Å². The molecule has 0 saturated carbocycles. The predicted octanol–water partition coefficient (Wildman–Crippen LogP) is 0.529. The van der Waals surface area contributed by atoms with Gasteiger partial charge in [-0.15, -0.1) is 0 Å². The Kier molecular flexibility index (Phi) is 5.64. The lowest BCUT2D eigenvalue weighted by Crippen LogP contribution is -2.43. The number of aliphatic hydroxyl groups excluding tert-OH is 1. The van der Waals surface area contributed by atoms with Crippen LogP contribution in [0.15, 0.2) is 18.2 Å². The van der Waals surface area contributed by atoms with E-state index in [0.717, 1.165) is 38.5 Å². The zero-order valence-corrected chi connectivity index (χ0v) is 12.4. The highest BCUT2D eigenvalue weighted by molar-refractivity contribution is 5.60. The van der Waals surface area contributed by atoms with Crippen LogP contribution in [-0.4, -0.2) is 63.5 Å². The molecule has 1 aliphatic rings. The number of methoxy groups -OCH3 is 1. The molecule has 0 bridgehead atoms. The van der Waals surface area contributed by atoms with E-state index in [2.05, 4.69) is 33.3 Å². The van der Waals surface area contributed by atoms with Crippen molar-refractivity contribution >= 4 is 5.69 Å². The fraction of sp³-hybridized carbons (Fsp3) is 0.600. The van der Waals surface area contributed by atoms with E-state index < -0.39 is 0 Å². The smallest absolute Gasteiger partial charge is 0.142 e. The largest absolute Gasteiger partial charge is 0.495 e. The molecule has 1 aromatic carbocycles. The summed E-state index contributed by atoms with van der Waals surface area (Å²) in [5, 5.41) is 12.3. The molecular formula is C15H25N3O2. The molecule has 0 aliphatic carbocycles. The third-order valence-electron chi connectivity index (χ3n) is 3.64. The van der Waals surface area contributed by atoms with Crippen LogP contribution in [0.1, 0.15) is 5.56 Å². The molecule has 1 aliphatic heterocycles. The van der Waals surface area contributed by atoms with Gasteiger partial charge in [0.05, 0.1) is 19.4 Å². The third-order valence-corrected chi connectivity index (χ3v) is 3.64. The van der Waals surface area contributed by atoms with Crippen LogP contribution >= 0.6 is 0 Å². The Morgan fingerprint density at radius 2 is 2.10 bits per heavy atom. The summed E-state index contributed by atoms with van der Waals surface area (Å²) in [7, 11) is 3.73. The van der Waals surface area contributed by atoms with E-state index in [1.165, 1.54) is 11.3 Å². The van der Waals surface area contributed by atoms with Gasteiger partial charge in [-0.05, 0) is 24.7 Å². The molecule has 1 fully saturated rings.